The Bertz CT molecular complexity index is 699. The molecule has 8 atom stereocenters. The monoisotopic (exact) mass is 448 g/mol. The summed E-state index contributed by atoms with van der Waals surface area (Å²) in [6, 6.07) is 0. The zero-order chi connectivity index (χ0) is 22.4. The first kappa shape index (κ1) is 23.7. The fourth-order valence-electron chi connectivity index (χ4n) is 8.88. The Hall–Kier alpha value is -0.500. The minimum atomic E-state index is -0.643. The predicted octanol–water partition coefficient (Wildman–Crippen LogP) is 8.77. The second-order valence-corrected chi connectivity index (χ2v) is 12.8. The molecule has 0 spiro atoms. The van der Waals surface area contributed by atoms with E-state index in [9.17, 15) is 4.79 Å². The third-order valence-corrected chi connectivity index (χ3v) is 10.6. The highest BCUT2D eigenvalue weighted by atomic mass is 35.5. The third kappa shape index (κ3) is 4.36. The lowest BCUT2D eigenvalue weighted by Gasteiger charge is -2.58. The summed E-state index contributed by atoms with van der Waals surface area (Å²) in [4.78, 5) is 11.2. The number of fused-ring (bicyclic) bond motifs is 5. The summed E-state index contributed by atoms with van der Waals surface area (Å²) >= 11 is 5.51. The largest absolute Gasteiger partial charge is 0.450 e. The first-order valence-corrected chi connectivity index (χ1v) is 13.6. The summed E-state index contributed by atoms with van der Waals surface area (Å²) in [5, 5.41) is 0. The summed E-state index contributed by atoms with van der Waals surface area (Å²) in [5.41, 5.74) is 1.77. The molecular formula is C28H45ClO2. The second kappa shape index (κ2) is 9.03. The Balaban J connectivity index is 1.47. The fraction of sp³-hybridized carbons (Fsp3) is 0.893. The number of allylic oxidation sites excluding steroid dienone is 1. The summed E-state index contributed by atoms with van der Waals surface area (Å²) < 4.78 is 5.38. The minimum Gasteiger partial charge on any atom is -0.450 e. The van der Waals surface area contributed by atoms with Crippen molar-refractivity contribution in [3.8, 4) is 0 Å². The molecule has 176 valence electrons. The van der Waals surface area contributed by atoms with E-state index in [-0.39, 0.29) is 6.10 Å². The van der Waals surface area contributed by atoms with E-state index in [4.69, 9.17) is 16.3 Å². The van der Waals surface area contributed by atoms with Crippen LogP contribution in [0.4, 0.5) is 4.79 Å². The van der Waals surface area contributed by atoms with E-state index in [2.05, 4.69) is 40.7 Å². The number of carbonyl (C=O) groups excluding carboxylic acids is 1. The van der Waals surface area contributed by atoms with Crippen LogP contribution in [0.1, 0.15) is 105 Å². The van der Waals surface area contributed by atoms with E-state index in [1.54, 1.807) is 5.57 Å². The number of hydrogen-bond donors (Lipinski definition) is 0. The molecule has 2 nitrogen and oxygen atoms in total. The summed E-state index contributed by atoms with van der Waals surface area (Å²) in [6.45, 7) is 12.5. The molecule has 4 aliphatic rings. The molecule has 0 amide bonds. The Morgan fingerprint density at radius 2 is 1.87 bits per heavy atom. The van der Waals surface area contributed by atoms with Crippen LogP contribution >= 0.6 is 11.6 Å². The van der Waals surface area contributed by atoms with Gasteiger partial charge in [-0.3, -0.25) is 0 Å². The normalized spacial score (nSPS) is 42.9. The van der Waals surface area contributed by atoms with Gasteiger partial charge in [0.2, 0.25) is 0 Å². The van der Waals surface area contributed by atoms with Crippen molar-refractivity contribution in [3.05, 3.63) is 11.6 Å². The molecule has 3 saturated carbocycles. The van der Waals surface area contributed by atoms with Crippen molar-refractivity contribution in [2.24, 2.45) is 46.3 Å². The molecule has 3 heteroatoms. The zero-order valence-corrected chi connectivity index (χ0v) is 21.3. The van der Waals surface area contributed by atoms with Crippen molar-refractivity contribution < 1.29 is 9.53 Å². The standard InChI is InChI=1S/C28H45ClO2/c1-18(2)7-6-8-19(3)23-11-12-24-22-10-9-20-17-21(31-26(29)30)13-15-27(20,4)25(22)14-16-28(23,24)5/h9,18-19,21-25H,6-8,10-17H2,1-5H3/t19-,21-,22-,23+,24-,25-,27-,28+/m0/s1. The molecule has 0 aromatic rings. The number of ether oxygens (including phenoxy) is 1. The van der Waals surface area contributed by atoms with Crippen molar-refractivity contribution in [1.82, 2.24) is 0 Å². The van der Waals surface area contributed by atoms with Crippen LogP contribution in [0.3, 0.4) is 0 Å². The molecule has 0 aromatic carbocycles. The number of rotatable bonds is 6. The number of carbonyl (C=O) groups is 1. The summed E-state index contributed by atoms with van der Waals surface area (Å²) in [5.74, 6) is 5.19. The van der Waals surface area contributed by atoms with Gasteiger partial charge in [-0.1, -0.05) is 65.5 Å². The average molecular weight is 449 g/mol. The minimum absolute atomic E-state index is 0.0164. The van der Waals surface area contributed by atoms with E-state index < -0.39 is 5.43 Å². The van der Waals surface area contributed by atoms with Gasteiger partial charge in [0.25, 0.3) is 0 Å². The number of hydrogen-bond acceptors (Lipinski definition) is 2. The highest BCUT2D eigenvalue weighted by molar-refractivity contribution is 6.61. The van der Waals surface area contributed by atoms with Gasteiger partial charge in [0, 0.05) is 18.0 Å². The van der Waals surface area contributed by atoms with E-state index >= 15 is 0 Å². The average Bonchev–Trinajstić information content (AvgIpc) is 3.05. The highest BCUT2D eigenvalue weighted by Crippen LogP contribution is 2.67. The molecule has 0 unspecified atom stereocenters. The first-order chi connectivity index (χ1) is 14.6. The molecule has 31 heavy (non-hydrogen) atoms. The third-order valence-electron chi connectivity index (χ3n) is 10.5. The predicted molar refractivity (Wildman–Crippen MR) is 129 cm³/mol. The lowest BCUT2D eigenvalue weighted by atomic mass is 9.47. The van der Waals surface area contributed by atoms with Crippen LogP contribution in [0.5, 0.6) is 0 Å². The van der Waals surface area contributed by atoms with Crippen LogP contribution < -0.4 is 0 Å². The highest BCUT2D eigenvalue weighted by Gasteiger charge is 2.59. The van der Waals surface area contributed by atoms with Crippen molar-refractivity contribution >= 4 is 17.0 Å². The van der Waals surface area contributed by atoms with Gasteiger partial charge in [-0.15, -0.1) is 0 Å². The van der Waals surface area contributed by atoms with Crippen LogP contribution in [-0.4, -0.2) is 11.5 Å². The van der Waals surface area contributed by atoms with Crippen LogP contribution in [0.2, 0.25) is 0 Å². The quantitative estimate of drug-likeness (QED) is 0.299. The van der Waals surface area contributed by atoms with E-state index in [0.717, 1.165) is 54.8 Å². The van der Waals surface area contributed by atoms with Crippen LogP contribution in [-0.2, 0) is 4.74 Å². The zero-order valence-electron chi connectivity index (χ0n) is 20.6. The molecule has 0 aromatic heterocycles. The Labute approximate surface area is 195 Å². The van der Waals surface area contributed by atoms with Gasteiger partial charge in [-0.05, 0) is 91.3 Å². The summed E-state index contributed by atoms with van der Waals surface area (Å²) in [6.07, 6.45) is 16.7. The molecule has 0 aliphatic heterocycles. The lowest BCUT2D eigenvalue weighted by Crippen LogP contribution is -2.51. The smallest absolute Gasteiger partial charge is 0.404 e. The van der Waals surface area contributed by atoms with E-state index in [0.29, 0.717) is 10.8 Å². The molecule has 4 aliphatic carbocycles. The van der Waals surface area contributed by atoms with Crippen LogP contribution in [0.25, 0.3) is 0 Å². The molecule has 3 fully saturated rings. The van der Waals surface area contributed by atoms with Crippen molar-refractivity contribution in [1.29, 1.82) is 0 Å². The molecule has 0 bridgehead atoms. The van der Waals surface area contributed by atoms with Crippen molar-refractivity contribution in [2.45, 2.75) is 111 Å². The maximum absolute atomic E-state index is 11.2. The molecular weight excluding hydrogens is 404 g/mol. The first-order valence-electron chi connectivity index (χ1n) is 13.2. The Morgan fingerprint density at radius 1 is 1.10 bits per heavy atom. The van der Waals surface area contributed by atoms with Gasteiger partial charge >= 0.3 is 5.43 Å². The van der Waals surface area contributed by atoms with E-state index in [1.165, 1.54) is 51.4 Å². The van der Waals surface area contributed by atoms with E-state index in [1.807, 2.05) is 0 Å². The van der Waals surface area contributed by atoms with Gasteiger partial charge in [0.15, 0.2) is 0 Å². The van der Waals surface area contributed by atoms with Gasteiger partial charge in [0.05, 0.1) is 0 Å². The van der Waals surface area contributed by atoms with Gasteiger partial charge in [-0.2, -0.15) is 0 Å². The SMILES string of the molecule is CC(C)CCC[C@H](C)[C@H]1CC[C@H]2[C@@H]3CC=C4C[C@@H](OC(=O)Cl)CC[C@]4(C)[C@H]3CC[C@]12C. The van der Waals surface area contributed by atoms with Gasteiger partial charge in [0.1, 0.15) is 6.10 Å². The topological polar surface area (TPSA) is 26.3 Å². The molecule has 0 radical (unpaired) electrons. The lowest BCUT2D eigenvalue weighted by molar-refractivity contribution is -0.0573. The van der Waals surface area contributed by atoms with Crippen molar-refractivity contribution in [2.75, 3.05) is 0 Å². The Morgan fingerprint density at radius 3 is 2.58 bits per heavy atom. The maximum atomic E-state index is 11.2. The molecule has 0 heterocycles. The fourth-order valence-corrected chi connectivity index (χ4v) is 9.01. The van der Waals surface area contributed by atoms with Crippen LogP contribution in [0, 0.1) is 46.3 Å². The van der Waals surface area contributed by atoms with Crippen molar-refractivity contribution in [3.63, 3.8) is 0 Å². The Kier molecular flexibility index (Phi) is 6.89. The second-order valence-electron chi connectivity index (χ2n) is 12.5. The van der Waals surface area contributed by atoms with Gasteiger partial charge in [-0.25, -0.2) is 4.79 Å². The maximum Gasteiger partial charge on any atom is 0.404 e. The molecule has 4 rings (SSSR count). The summed E-state index contributed by atoms with van der Waals surface area (Å²) in [7, 11) is 0. The van der Waals surface area contributed by atoms with Gasteiger partial charge < -0.3 is 4.74 Å². The van der Waals surface area contributed by atoms with Crippen LogP contribution in [0.15, 0.2) is 11.6 Å². The molecule has 0 N–H and O–H groups in total. The molecule has 0 saturated heterocycles. The number of halogens is 1.